The largest absolute Gasteiger partial charge is 0.455 e. The molecule has 0 bridgehead atoms. The Hall–Kier alpha value is -4.39. The number of nitrogens with zero attached hydrogens (tertiary/aromatic N) is 1. The van der Waals surface area contributed by atoms with Crippen LogP contribution in [0.1, 0.15) is 51.4 Å². The highest BCUT2D eigenvalue weighted by molar-refractivity contribution is 7.91. The Morgan fingerprint density at radius 1 is 0.979 bits per heavy atom. The van der Waals surface area contributed by atoms with Crippen LogP contribution in [0, 0.1) is 17.8 Å². The van der Waals surface area contributed by atoms with Gasteiger partial charge in [-0.25, -0.2) is 13.2 Å². The number of anilines is 1. The monoisotopic (exact) mass is 664 g/mol. The fourth-order valence-electron chi connectivity index (χ4n) is 6.46. The molecule has 1 heterocycles. The van der Waals surface area contributed by atoms with E-state index in [1.807, 2.05) is 30.4 Å². The first-order chi connectivity index (χ1) is 22.6. The molecule has 6 rings (SSSR count). The Bertz CT molecular complexity index is 1660. The summed E-state index contributed by atoms with van der Waals surface area (Å²) >= 11 is 0. The van der Waals surface area contributed by atoms with E-state index in [0.717, 1.165) is 19.3 Å². The van der Waals surface area contributed by atoms with Crippen molar-refractivity contribution in [3.63, 3.8) is 0 Å². The molecule has 5 atom stereocenters. The summed E-state index contributed by atoms with van der Waals surface area (Å²) in [6.07, 6.45) is 5.98. The van der Waals surface area contributed by atoms with E-state index >= 15 is 0 Å². The number of sulfonamides is 1. The second-order valence-corrected chi connectivity index (χ2v) is 14.8. The van der Waals surface area contributed by atoms with Gasteiger partial charge in [0.1, 0.15) is 17.4 Å². The molecule has 0 spiro atoms. The van der Waals surface area contributed by atoms with E-state index < -0.39 is 56.7 Å². The zero-order valence-electron chi connectivity index (χ0n) is 26.2. The molecule has 3 fully saturated rings. The van der Waals surface area contributed by atoms with Crippen LogP contribution in [-0.4, -0.2) is 67.6 Å². The van der Waals surface area contributed by atoms with Gasteiger partial charge >= 0.3 is 6.09 Å². The Morgan fingerprint density at radius 2 is 1.70 bits per heavy atom. The minimum Gasteiger partial charge on any atom is -0.455 e. The summed E-state index contributed by atoms with van der Waals surface area (Å²) in [6, 6.07) is 16.0. The van der Waals surface area contributed by atoms with Gasteiger partial charge < -0.3 is 19.7 Å². The number of hydrogen-bond donors (Lipinski definition) is 3. The smallest absolute Gasteiger partial charge is 0.412 e. The van der Waals surface area contributed by atoms with Gasteiger partial charge in [-0.1, -0.05) is 42.5 Å². The van der Waals surface area contributed by atoms with E-state index in [2.05, 4.69) is 15.4 Å². The van der Waals surface area contributed by atoms with Gasteiger partial charge in [-0.05, 0) is 75.6 Å². The van der Waals surface area contributed by atoms with Crippen LogP contribution in [0.25, 0.3) is 0 Å². The number of fused-ring (bicyclic) bond motifs is 2. The second kappa shape index (κ2) is 13.4. The van der Waals surface area contributed by atoms with E-state index in [0.29, 0.717) is 36.6 Å². The van der Waals surface area contributed by atoms with Crippen LogP contribution >= 0.6 is 0 Å². The molecule has 12 nitrogen and oxygen atoms in total. The molecule has 47 heavy (non-hydrogen) atoms. The average molecular weight is 665 g/mol. The van der Waals surface area contributed by atoms with Gasteiger partial charge in [0.2, 0.25) is 21.8 Å². The Labute approximate surface area is 274 Å². The lowest BCUT2D eigenvalue weighted by Gasteiger charge is -2.26. The molecule has 4 amide bonds. The molecule has 0 radical (unpaired) electrons. The summed E-state index contributed by atoms with van der Waals surface area (Å²) in [5.41, 5.74) is -1.05. The summed E-state index contributed by atoms with van der Waals surface area (Å²) in [5, 5.41) is 4.96. The first-order valence-corrected chi connectivity index (χ1v) is 17.7. The van der Waals surface area contributed by atoms with Gasteiger partial charge in [0, 0.05) is 19.5 Å². The van der Waals surface area contributed by atoms with Crippen LogP contribution in [0.2, 0.25) is 0 Å². The van der Waals surface area contributed by atoms with Crippen molar-refractivity contribution >= 4 is 39.5 Å². The van der Waals surface area contributed by atoms with Gasteiger partial charge in [0.25, 0.3) is 5.91 Å². The highest BCUT2D eigenvalue weighted by atomic mass is 32.2. The molecule has 0 saturated heterocycles. The van der Waals surface area contributed by atoms with Crippen molar-refractivity contribution < 1.29 is 37.1 Å². The second-order valence-electron chi connectivity index (χ2n) is 12.9. The third-order valence-corrected chi connectivity index (χ3v) is 11.2. The summed E-state index contributed by atoms with van der Waals surface area (Å²) in [5.74, 6) is -2.62. The summed E-state index contributed by atoms with van der Waals surface area (Å²) < 4.78 is 39.1. The minimum absolute atomic E-state index is 0.0598. The molecule has 2 aromatic carbocycles. The Balaban J connectivity index is 1.18. The fourth-order valence-corrected chi connectivity index (χ4v) is 7.82. The average Bonchev–Trinajstić information content (AvgIpc) is 3.97. The summed E-state index contributed by atoms with van der Waals surface area (Å²) in [6.45, 7) is 0.510. The van der Waals surface area contributed by atoms with Crippen molar-refractivity contribution in [2.45, 2.75) is 68.3 Å². The molecule has 2 aromatic rings. The van der Waals surface area contributed by atoms with Crippen molar-refractivity contribution in [2.24, 2.45) is 17.8 Å². The standard InChI is InChI=1S/C34H40N4O8S/c1-38-18-10-3-2-5-11-22-21-34(22,32(41)37-47(43,44)25-16-17-25)36-30(39)26-19-24(20-27(26)31(38)40)46-33(42)35-28-14-8-9-15-29(28)45-23-12-6-4-7-13-23/h4-9,11-15,22,24-27H,2-3,10,16-21H2,1H3,(H,35,42)(H,36,39)(H,37,41)/b11-5+. The molecule has 0 aromatic heterocycles. The number of rotatable bonds is 7. The highest BCUT2D eigenvalue weighted by Crippen LogP contribution is 2.47. The summed E-state index contributed by atoms with van der Waals surface area (Å²) in [4.78, 5) is 55.7. The number of allylic oxidation sites excluding steroid dienone is 1. The Kier molecular flexibility index (Phi) is 9.27. The van der Waals surface area contributed by atoms with Crippen molar-refractivity contribution in [2.75, 3.05) is 18.9 Å². The van der Waals surface area contributed by atoms with Crippen LogP contribution < -0.4 is 20.1 Å². The lowest BCUT2D eigenvalue weighted by Crippen LogP contribution is -2.54. The zero-order valence-corrected chi connectivity index (χ0v) is 27.0. The van der Waals surface area contributed by atoms with E-state index in [-0.39, 0.29) is 31.1 Å². The van der Waals surface area contributed by atoms with Crippen molar-refractivity contribution in [1.82, 2.24) is 14.9 Å². The van der Waals surface area contributed by atoms with Crippen molar-refractivity contribution in [1.29, 1.82) is 0 Å². The van der Waals surface area contributed by atoms with Gasteiger partial charge in [0.15, 0.2) is 5.75 Å². The van der Waals surface area contributed by atoms with Gasteiger partial charge in [0.05, 0.1) is 22.8 Å². The number of carbonyl (C=O) groups is 4. The number of ether oxygens (including phenoxy) is 2. The molecule has 4 aliphatic rings. The normalized spacial score (nSPS) is 28.5. The number of para-hydroxylation sites is 3. The summed E-state index contributed by atoms with van der Waals surface area (Å²) in [7, 11) is -2.14. The van der Waals surface area contributed by atoms with Crippen molar-refractivity contribution in [3.05, 3.63) is 66.7 Å². The number of benzene rings is 2. The maximum absolute atomic E-state index is 13.9. The number of amides is 4. The van der Waals surface area contributed by atoms with Crippen LogP contribution in [0.15, 0.2) is 66.7 Å². The molecule has 250 valence electrons. The van der Waals surface area contributed by atoms with E-state index in [4.69, 9.17) is 9.47 Å². The maximum Gasteiger partial charge on any atom is 0.412 e. The Morgan fingerprint density at radius 3 is 2.47 bits per heavy atom. The van der Waals surface area contributed by atoms with E-state index in [1.165, 1.54) is 0 Å². The lowest BCUT2D eigenvalue weighted by molar-refractivity contribution is -0.140. The molecule has 13 heteroatoms. The first kappa shape index (κ1) is 32.5. The minimum atomic E-state index is -3.84. The van der Waals surface area contributed by atoms with Crippen LogP contribution in [-0.2, 0) is 29.1 Å². The van der Waals surface area contributed by atoms with Gasteiger partial charge in [-0.15, -0.1) is 0 Å². The third-order valence-electron chi connectivity index (χ3n) is 9.37. The predicted octanol–water partition coefficient (Wildman–Crippen LogP) is 4.10. The molecule has 1 aliphatic heterocycles. The van der Waals surface area contributed by atoms with Crippen LogP contribution in [0.5, 0.6) is 11.5 Å². The molecule has 3 N–H and O–H groups in total. The topological polar surface area (TPSA) is 160 Å². The van der Waals surface area contributed by atoms with Crippen molar-refractivity contribution in [3.8, 4) is 11.5 Å². The first-order valence-electron chi connectivity index (χ1n) is 16.1. The molecule has 3 saturated carbocycles. The van der Waals surface area contributed by atoms with Crippen LogP contribution in [0.3, 0.4) is 0 Å². The SMILES string of the molecule is CN1CCCC/C=C/C2CC2(C(=O)NS(=O)(=O)C2CC2)NC(=O)C2CC(OC(=O)Nc3ccccc3Oc3ccccc3)CC2C1=O. The maximum atomic E-state index is 13.9. The zero-order chi connectivity index (χ0) is 33.2. The quantitative estimate of drug-likeness (QED) is 0.373. The molecular formula is C34H40N4O8S. The van der Waals surface area contributed by atoms with E-state index in [9.17, 15) is 27.6 Å². The highest BCUT2D eigenvalue weighted by Gasteiger charge is 2.62. The fraction of sp³-hybridized carbons (Fsp3) is 0.471. The van der Waals surface area contributed by atoms with Gasteiger partial charge in [-0.3, -0.25) is 24.4 Å². The predicted molar refractivity (Wildman–Crippen MR) is 173 cm³/mol. The van der Waals surface area contributed by atoms with E-state index in [1.54, 1.807) is 48.3 Å². The third kappa shape index (κ3) is 7.45. The van der Waals surface area contributed by atoms with Gasteiger partial charge in [-0.2, -0.15) is 0 Å². The van der Waals surface area contributed by atoms with Crippen LogP contribution in [0.4, 0.5) is 10.5 Å². The molecular weight excluding hydrogens is 624 g/mol. The lowest BCUT2D eigenvalue weighted by atomic mass is 9.93. The molecule has 5 unspecified atom stereocenters. The number of hydrogen-bond acceptors (Lipinski definition) is 8. The number of carbonyl (C=O) groups excluding carboxylic acids is 4. The number of nitrogens with one attached hydrogen (secondary N) is 3. The molecule has 3 aliphatic carbocycles.